The number of sulfonamides is 1. The standard InChI is InChI=1S/C28H30ClN3O6S2/c1-18(33)28(36)32-40(37,38)25-10-6-5-9-23(25)22-12-11-20(14-24(22)29)16-30-26(34)15-27(35)31-17-21(39)13-19-7-3-2-4-8-19/h2-12,14,18,21,33,39H,13,15-17H2,1H3,(H,30,34)(H,31,35)(H,32,36)/t18-,21+/m0/s1. The number of hydrogen-bond donors (Lipinski definition) is 5. The van der Waals surface area contributed by atoms with E-state index in [2.05, 4.69) is 23.3 Å². The van der Waals surface area contributed by atoms with Crippen molar-refractivity contribution in [3.8, 4) is 11.1 Å². The maximum Gasteiger partial charge on any atom is 0.264 e. The Hall–Kier alpha value is -3.38. The third kappa shape index (κ3) is 9.09. The zero-order chi connectivity index (χ0) is 29.3. The van der Waals surface area contributed by atoms with Crippen LogP contribution in [0.4, 0.5) is 0 Å². The number of rotatable bonds is 12. The Morgan fingerprint density at radius 3 is 2.23 bits per heavy atom. The lowest BCUT2D eigenvalue weighted by atomic mass is 10.0. The van der Waals surface area contributed by atoms with Crippen LogP contribution in [0.1, 0.15) is 24.5 Å². The molecule has 12 heteroatoms. The Kier molecular flexibility index (Phi) is 11.1. The molecule has 212 valence electrons. The van der Waals surface area contributed by atoms with Crippen LogP contribution in [-0.4, -0.2) is 49.1 Å². The molecule has 0 saturated heterocycles. The molecule has 0 aliphatic rings. The Labute approximate surface area is 243 Å². The van der Waals surface area contributed by atoms with Crippen molar-refractivity contribution in [2.24, 2.45) is 0 Å². The summed E-state index contributed by atoms with van der Waals surface area (Å²) in [5.74, 6) is -1.95. The van der Waals surface area contributed by atoms with Crippen molar-refractivity contribution in [3.05, 3.63) is 88.9 Å². The molecular formula is C28H30ClN3O6S2. The van der Waals surface area contributed by atoms with Gasteiger partial charge < -0.3 is 15.7 Å². The quantitative estimate of drug-likeness (QED) is 0.159. The van der Waals surface area contributed by atoms with E-state index in [1.807, 2.05) is 35.1 Å². The third-order valence-electron chi connectivity index (χ3n) is 5.77. The van der Waals surface area contributed by atoms with Gasteiger partial charge in [-0.05, 0) is 36.6 Å². The van der Waals surface area contributed by atoms with E-state index in [4.69, 9.17) is 11.6 Å². The van der Waals surface area contributed by atoms with E-state index < -0.39 is 33.8 Å². The van der Waals surface area contributed by atoms with Crippen LogP contribution in [0.25, 0.3) is 11.1 Å². The molecule has 0 bridgehead atoms. The minimum absolute atomic E-state index is 0.0929. The number of carbonyl (C=O) groups excluding carboxylic acids is 3. The van der Waals surface area contributed by atoms with E-state index in [1.165, 1.54) is 18.2 Å². The molecule has 3 rings (SSSR count). The molecule has 0 fully saturated rings. The van der Waals surface area contributed by atoms with Gasteiger partial charge in [0.1, 0.15) is 12.5 Å². The van der Waals surface area contributed by atoms with Gasteiger partial charge in [0.05, 0.1) is 4.90 Å². The lowest BCUT2D eigenvalue weighted by molar-refractivity contribution is -0.129. The van der Waals surface area contributed by atoms with Crippen LogP contribution >= 0.6 is 24.2 Å². The second-order valence-electron chi connectivity index (χ2n) is 9.06. The van der Waals surface area contributed by atoms with Gasteiger partial charge in [-0.25, -0.2) is 13.1 Å². The molecule has 0 aliphatic carbocycles. The molecule has 0 aliphatic heterocycles. The van der Waals surface area contributed by atoms with Crippen molar-refractivity contribution in [1.82, 2.24) is 15.4 Å². The van der Waals surface area contributed by atoms with Crippen LogP contribution in [0.3, 0.4) is 0 Å². The lowest BCUT2D eigenvalue weighted by Crippen LogP contribution is -2.37. The minimum atomic E-state index is -4.29. The molecular weight excluding hydrogens is 574 g/mol. The zero-order valence-electron chi connectivity index (χ0n) is 21.6. The van der Waals surface area contributed by atoms with Gasteiger partial charge in [0.15, 0.2) is 0 Å². The fourth-order valence-corrected chi connectivity index (χ4v) is 5.62. The number of aliphatic hydroxyl groups is 1. The number of hydrogen-bond acceptors (Lipinski definition) is 7. The van der Waals surface area contributed by atoms with Crippen LogP contribution in [0.2, 0.25) is 5.02 Å². The van der Waals surface area contributed by atoms with Crippen molar-refractivity contribution >= 4 is 52.0 Å². The first kappa shape index (κ1) is 31.2. The predicted molar refractivity (Wildman–Crippen MR) is 156 cm³/mol. The number of thiol groups is 1. The third-order valence-corrected chi connectivity index (χ3v) is 7.86. The first-order valence-corrected chi connectivity index (χ1v) is 14.7. The van der Waals surface area contributed by atoms with Crippen LogP contribution < -0.4 is 15.4 Å². The monoisotopic (exact) mass is 603 g/mol. The molecule has 9 nitrogen and oxygen atoms in total. The van der Waals surface area contributed by atoms with E-state index >= 15 is 0 Å². The van der Waals surface area contributed by atoms with Crippen molar-refractivity contribution in [2.45, 2.75) is 42.6 Å². The Balaban J connectivity index is 1.57. The van der Waals surface area contributed by atoms with Crippen LogP contribution in [-0.2, 0) is 37.4 Å². The maximum atomic E-state index is 12.8. The number of halogens is 1. The topological polar surface area (TPSA) is 142 Å². The van der Waals surface area contributed by atoms with Crippen LogP contribution in [0.15, 0.2) is 77.7 Å². The highest BCUT2D eigenvalue weighted by molar-refractivity contribution is 7.90. The highest BCUT2D eigenvalue weighted by Crippen LogP contribution is 2.33. The molecule has 0 saturated carbocycles. The summed E-state index contributed by atoms with van der Waals surface area (Å²) in [4.78, 5) is 36.1. The van der Waals surface area contributed by atoms with Gasteiger partial charge in [0, 0.05) is 34.5 Å². The fourth-order valence-electron chi connectivity index (χ4n) is 3.74. The minimum Gasteiger partial charge on any atom is -0.384 e. The summed E-state index contributed by atoms with van der Waals surface area (Å²) in [5.41, 5.74) is 2.37. The summed E-state index contributed by atoms with van der Waals surface area (Å²) in [5, 5.41) is 14.9. The van der Waals surface area contributed by atoms with Gasteiger partial charge in [-0.1, -0.05) is 72.3 Å². The molecule has 0 spiro atoms. The molecule has 0 aromatic heterocycles. The largest absolute Gasteiger partial charge is 0.384 e. The second-order valence-corrected chi connectivity index (χ2v) is 11.8. The summed E-state index contributed by atoms with van der Waals surface area (Å²) in [6.07, 6.45) is -1.17. The molecule has 0 heterocycles. The van der Waals surface area contributed by atoms with E-state index in [0.717, 1.165) is 12.5 Å². The van der Waals surface area contributed by atoms with Crippen molar-refractivity contribution in [1.29, 1.82) is 0 Å². The predicted octanol–water partition coefficient (Wildman–Crippen LogP) is 2.86. The number of amides is 3. The average Bonchev–Trinajstić information content (AvgIpc) is 2.91. The Morgan fingerprint density at radius 2 is 1.55 bits per heavy atom. The van der Waals surface area contributed by atoms with E-state index in [0.29, 0.717) is 24.1 Å². The Morgan fingerprint density at radius 1 is 0.900 bits per heavy atom. The molecule has 0 radical (unpaired) electrons. The van der Waals surface area contributed by atoms with Gasteiger partial charge in [-0.15, -0.1) is 0 Å². The van der Waals surface area contributed by atoms with E-state index in [9.17, 15) is 27.9 Å². The molecule has 0 unspecified atom stereocenters. The van der Waals surface area contributed by atoms with Gasteiger partial charge in [-0.3, -0.25) is 14.4 Å². The molecule has 2 atom stereocenters. The van der Waals surface area contributed by atoms with Gasteiger partial charge in [0.2, 0.25) is 11.8 Å². The number of carbonyl (C=O) groups is 3. The van der Waals surface area contributed by atoms with Crippen LogP contribution in [0, 0.1) is 0 Å². The van der Waals surface area contributed by atoms with Crippen LogP contribution in [0.5, 0.6) is 0 Å². The number of benzene rings is 3. The first-order valence-electron chi connectivity index (χ1n) is 12.3. The summed E-state index contributed by atoms with van der Waals surface area (Å²) >= 11 is 11.0. The Bertz CT molecular complexity index is 1470. The average molecular weight is 604 g/mol. The second kappa shape index (κ2) is 14.3. The normalized spacial score (nSPS) is 12.7. The number of aliphatic hydroxyl groups excluding tert-OH is 1. The van der Waals surface area contributed by atoms with Crippen molar-refractivity contribution in [2.75, 3.05) is 6.54 Å². The van der Waals surface area contributed by atoms with Gasteiger partial charge >= 0.3 is 0 Å². The highest BCUT2D eigenvalue weighted by Gasteiger charge is 2.24. The molecule has 4 N–H and O–H groups in total. The summed E-state index contributed by atoms with van der Waals surface area (Å²) in [7, 11) is -4.29. The van der Waals surface area contributed by atoms with Crippen molar-refractivity contribution in [3.63, 3.8) is 0 Å². The van der Waals surface area contributed by atoms with E-state index in [-0.39, 0.29) is 33.7 Å². The molecule has 3 amide bonds. The van der Waals surface area contributed by atoms with Gasteiger partial charge in [0.25, 0.3) is 15.9 Å². The first-order chi connectivity index (χ1) is 19.0. The summed E-state index contributed by atoms with van der Waals surface area (Å²) in [6, 6.07) is 20.6. The van der Waals surface area contributed by atoms with E-state index in [1.54, 1.807) is 24.3 Å². The van der Waals surface area contributed by atoms with Crippen molar-refractivity contribution < 1.29 is 27.9 Å². The smallest absolute Gasteiger partial charge is 0.264 e. The molecule has 3 aromatic rings. The number of nitrogens with one attached hydrogen (secondary N) is 3. The molecule has 3 aromatic carbocycles. The fraction of sp³-hybridized carbons (Fsp3) is 0.250. The lowest BCUT2D eigenvalue weighted by Gasteiger charge is -2.14. The maximum absolute atomic E-state index is 12.8. The molecule has 40 heavy (non-hydrogen) atoms. The highest BCUT2D eigenvalue weighted by atomic mass is 35.5. The summed E-state index contributed by atoms with van der Waals surface area (Å²) < 4.78 is 27.4. The van der Waals surface area contributed by atoms with Gasteiger partial charge in [-0.2, -0.15) is 12.6 Å². The zero-order valence-corrected chi connectivity index (χ0v) is 24.1. The SMILES string of the molecule is C[C@H](O)C(=O)NS(=O)(=O)c1ccccc1-c1ccc(CNC(=O)CC(=O)NC[C@H](S)Cc2ccccc2)cc1Cl. The summed E-state index contributed by atoms with van der Waals surface area (Å²) in [6.45, 7) is 1.57.